The molecule has 52 heavy (non-hydrogen) atoms. The molecule has 7 rings (SSSR count). The lowest BCUT2D eigenvalue weighted by atomic mass is 9.51. The number of nitrogens with zero attached hydrogens (tertiary/aromatic N) is 2. The van der Waals surface area contributed by atoms with Crippen LogP contribution < -0.4 is 19.3 Å². The standard InChI is InChI=1S/C37H30F6N2O7/c1-35-25(32(48)45(34(35)50)19-7-5-4-6-8-19)16-24-22(30(35)29-26(46)14-21(51-2)15-27(29)52-3)9-10-23-28(24)33(49)44(31(23)47)20-12-17(36(38,39)40)11-18(13-20)37(41,42)43/h4-9,11-15,23-25,28,30,46H,10,16H2,1-3H3/t23-,24+,25-,28-,30+,35+/m0/s1. The number of carbonyl (C=O) groups is 4. The Bertz CT molecular complexity index is 2030. The maximum Gasteiger partial charge on any atom is 0.416 e. The van der Waals surface area contributed by atoms with Gasteiger partial charge in [-0.05, 0) is 56.0 Å². The smallest absolute Gasteiger partial charge is 0.416 e. The van der Waals surface area contributed by atoms with Crippen LogP contribution in [0.1, 0.15) is 42.4 Å². The zero-order valence-electron chi connectivity index (χ0n) is 27.7. The van der Waals surface area contributed by atoms with Crippen molar-refractivity contribution >= 4 is 35.0 Å². The number of rotatable bonds is 5. The van der Waals surface area contributed by atoms with E-state index in [9.17, 15) is 50.6 Å². The topological polar surface area (TPSA) is 113 Å². The molecule has 3 fully saturated rings. The number of halogens is 6. The second-order valence-corrected chi connectivity index (χ2v) is 13.5. The number of fused-ring (bicyclic) bond motifs is 4. The number of benzene rings is 3. The van der Waals surface area contributed by atoms with E-state index in [0.29, 0.717) is 22.6 Å². The normalized spacial score (nSPS) is 27.3. The molecule has 1 N–H and O–H groups in total. The average molecular weight is 729 g/mol. The van der Waals surface area contributed by atoms with Crippen molar-refractivity contribution in [1.82, 2.24) is 0 Å². The molecule has 9 nitrogen and oxygen atoms in total. The second-order valence-electron chi connectivity index (χ2n) is 13.5. The molecule has 4 aliphatic rings. The Morgan fingerprint density at radius 3 is 1.98 bits per heavy atom. The lowest BCUT2D eigenvalue weighted by Crippen LogP contribution is -2.49. The summed E-state index contributed by atoms with van der Waals surface area (Å²) in [6.45, 7) is 1.58. The lowest BCUT2D eigenvalue weighted by molar-refractivity contribution is -0.143. The summed E-state index contributed by atoms with van der Waals surface area (Å²) < 4.78 is 93.7. The summed E-state index contributed by atoms with van der Waals surface area (Å²) in [5.74, 6) is -9.09. The van der Waals surface area contributed by atoms with Crippen LogP contribution >= 0.6 is 0 Å². The van der Waals surface area contributed by atoms with Gasteiger partial charge in [-0.15, -0.1) is 0 Å². The Labute approximate surface area is 292 Å². The van der Waals surface area contributed by atoms with Gasteiger partial charge in [0.1, 0.15) is 17.2 Å². The van der Waals surface area contributed by atoms with Gasteiger partial charge < -0.3 is 14.6 Å². The summed E-state index contributed by atoms with van der Waals surface area (Å²) in [4.78, 5) is 58.5. The van der Waals surface area contributed by atoms with Gasteiger partial charge in [-0.3, -0.25) is 19.2 Å². The minimum Gasteiger partial charge on any atom is -0.507 e. The summed E-state index contributed by atoms with van der Waals surface area (Å²) in [6.07, 6.45) is -9.17. The van der Waals surface area contributed by atoms with E-state index in [4.69, 9.17) is 9.47 Å². The van der Waals surface area contributed by atoms with E-state index in [0.717, 1.165) is 4.90 Å². The molecule has 0 radical (unpaired) electrons. The molecule has 2 aliphatic carbocycles. The van der Waals surface area contributed by atoms with E-state index in [-0.39, 0.29) is 47.4 Å². The van der Waals surface area contributed by atoms with E-state index in [1.54, 1.807) is 43.3 Å². The predicted octanol–water partition coefficient (Wildman–Crippen LogP) is 6.88. The zero-order chi connectivity index (χ0) is 37.7. The lowest BCUT2D eigenvalue weighted by Gasteiger charge is -2.49. The summed E-state index contributed by atoms with van der Waals surface area (Å²) in [6, 6.07) is 11.4. The Balaban J connectivity index is 1.39. The first-order valence-electron chi connectivity index (χ1n) is 16.2. The molecule has 1 saturated carbocycles. The van der Waals surface area contributed by atoms with Crippen molar-refractivity contribution in [3.8, 4) is 17.2 Å². The first-order chi connectivity index (χ1) is 24.4. The Hall–Kier alpha value is -5.34. The zero-order valence-corrected chi connectivity index (χ0v) is 27.7. The van der Waals surface area contributed by atoms with Gasteiger partial charge in [0.05, 0.1) is 59.9 Å². The number of anilines is 2. The number of aromatic hydroxyl groups is 1. The number of imide groups is 2. The molecule has 2 saturated heterocycles. The number of hydrogen-bond acceptors (Lipinski definition) is 7. The van der Waals surface area contributed by atoms with E-state index >= 15 is 0 Å². The summed E-state index contributed by atoms with van der Waals surface area (Å²) >= 11 is 0. The van der Waals surface area contributed by atoms with E-state index in [1.165, 1.54) is 26.4 Å². The van der Waals surface area contributed by atoms with Gasteiger partial charge in [0.25, 0.3) is 0 Å². The summed E-state index contributed by atoms with van der Waals surface area (Å²) in [5, 5.41) is 11.5. The van der Waals surface area contributed by atoms with Crippen LogP contribution in [0.5, 0.6) is 17.2 Å². The van der Waals surface area contributed by atoms with Crippen molar-refractivity contribution in [2.45, 2.75) is 38.0 Å². The Morgan fingerprint density at radius 1 is 0.769 bits per heavy atom. The molecule has 0 bridgehead atoms. The van der Waals surface area contributed by atoms with Crippen LogP contribution in [0.15, 0.2) is 72.3 Å². The molecule has 0 aromatic heterocycles. The highest BCUT2D eigenvalue weighted by Gasteiger charge is 2.68. The van der Waals surface area contributed by atoms with Gasteiger partial charge in [-0.1, -0.05) is 29.8 Å². The molecule has 2 aliphatic heterocycles. The van der Waals surface area contributed by atoms with Gasteiger partial charge in [-0.25, -0.2) is 9.80 Å². The molecule has 3 aromatic rings. The van der Waals surface area contributed by atoms with E-state index in [2.05, 4.69) is 0 Å². The number of alkyl halides is 6. The maximum atomic E-state index is 14.6. The number of amides is 4. The van der Waals surface area contributed by atoms with Crippen LogP contribution in [0.3, 0.4) is 0 Å². The Kier molecular flexibility index (Phi) is 8.00. The van der Waals surface area contributed by atoms with Crippen molar-refractivity contribution < 1.29 is 60.1 Å². The van der Waals surface area contributed by atoms with Crippen LogP contribution in [0.2, 0.25) is 0 Å². The highest BCUT2D eigenvalue weighted by atomic mass is 19.4. The molecule has 15 heteroatoms. The molecule has 2 heterocycles. The molecular weight excluding hydrogens is 698 g/mol. The number of phenols is 1. The van der Waals surface area contributed by atoms with Gasteiger partial charge in [0.2, 0.25) is 23.6 Å². The van der Waals surface area contributed by atoms with Crippen LogP contribution in [0, 0.1) is 29.1 Å². The fourth-order valence-corrected chi connectivity index (χ4v) is 8.63. The molecule has 272 valence electrons. The third kappa shape index (κ3) is 5.06. The van der Waals surface area contributed by atoms with Crippen molar-refractivity contribution in [2.75, 3.05) is 24.0 Å². The highest BCUT2D eigenvalue weighted by Crippen LogP contribution is 2.66. The van der Waals surface area contributed by atoms with Crippen molar-refractivity contribution in [1.29, 1.82) is 0 Å². The number of phenolic OH excluding ortho intramolecular Hbond substituents is 1. The molecule has 0 spiro atoms. The number of allylic oxidation sites excluding steroid dienone is 2. The summed E-state index contributed by atoms with van der Waals surface area (Å²) in [5.41, 5.74) is -5.09. The third-order valence-electron chi connectivity index (χ3n) is 11.0. The fourth-order valence-electron chi connectivity index (χ4n) is 8.63. The Morgan fingerprint density at radius 2 is 1.40 bits per heavy atom. The largest absolute Gasteiger partial charge is 0.507 e. The number of ether oxygens (including phenoxy) is 2. The SMILES string of the molecule is COc1cc(O)c([C@H]2C3=CC[C@@H]4C(=O)N(c5cc(C(F)(F)F)cc(C(F)(F)F)c5)C(=O)[C@@H]4[C@@H]3C[C@H]3C(=O)N(c4ccccc4)C(=O)[C@@]23C)c(OC)c1. The van der Waals surface area contributed by atoms with Crippen LogP contribution in [0.4, 0.5) is 37.7 Å². The highest BCUT2D eigenvalue weighted by molar-refractivity contribution is 6.25. The molecule has 4 amide bonds. The molecular formula is C37H30F6N2O7. The minimum atomic E-state index is -5.23. The molecule has 6 atom stereocenters. The molecule has 0 unspecified atom stereocenters. The van der Waals surface area contributed by atoms with Gasteiger partial charge in [-0.2, -0.15) is 26.3 Å². The van der Waals surface area contributed by atoms with Crippen molar-refractivity contribution in [3.63, 3.8) is 0 Å². The predicted molar refractivity (Wildman–Crippen MR) is 171 cm³/mol. The fraction of sp³-hybridized carbons (Fsp3) is 0.351. The number of hydrogen-bond donors (Lipinski definition) is 1. The van der Waals surface area contributed by atoms with E-state index in [1.807, 2.05) is 0 Å². The average Bonchev–Trinajstić information content (AvgIpc) is 3.47. The quantitative estimate of drug-likeness (QED) is 0.173. The van der Waals surface area contributed by atoms with Crippen molar-refractivity contribution in [3.05, 3.63) is 89.0 Å². The van der Waals surface area contributed by atoms with Gasteiger partial charge in [0.15, 0.2) is 0 Å². The minimum absolute atomic E-state index is 0.0861. The van der Waals surface area contributed by atoms with Crippen LogP contribution in [0.25, 0.3) is 0 Å². The molecule has 3 aromatic carbocycles. The van der Waals surface area contributed by atoms with Crippen LogP contribution in [-0.4, -0.2) is 43.0 Å². The monoisotopic (exact) mass is 728 g/mol. The van der Waals surface area contributed by atoms with Crippen LogP contribution in [-0.2, 0) is 31.5 Å². The van der Waals surface area contributed by atoms with Crippen molar-refractivity contribution in [2.24, 2.45) is 29.1 Å². The maximum absolute atomic E-state index is 14.6. The number of carbonyl (C=O) groups excluding carboxylic acids is 4. The first-order valence-corrected chi connectivity index (χ1v) is 16.2. The number of methoxy groups -OCH3 is 2. The van der Waals surface area contributed by atoms with Gasteiger partial charge >= 0.3 is 12.4 Å². The third-order valence-corrected chi connectivity index (χ3v) is 11.0. The van der Waals surface area contributed by atoms with E-state index < -0.39 is 87.8 Å². The van der Waals surface area contributed by atoms with Gasteiger partial charge in [0, 0.05) is 23.6 Å². The summed E-state index contributed by atoms with van der Waals surface area (Å²) in [7, 11) is 2.68. The number of para-hydroxylation sites is 1. The first kappa shape index (κ1) is 35.1. The second kappa shape index (κ2) is 11.9.